The van der Waals surface area contributed by atoms with E-state index >= 15 is 0 Å². The molecule has 2 nitrogen and oxygen atoms in total. The molecule has 0 saturated carbocycles. The number of alkyl halides is 1. The second kappa shape index (κ2) is 6.73. The van der Waals surface area contributed by atoms with Crippen molar-refractivity contribution in [3.05, 3.63) is 35.4 Å². The van der Waals surface area contributed by atoms with Crippen LogP contribution in [0.2, 0.25) is 0 Å². The molecule has 0 amide bonds. The number of carbonyl (C=O) groups is 1. The number of benzene rings is 1. The van der Waals surface area contributed by atoms with Crippen molar-refractivity contribution >= 4 is 17.4 Å². The summed E-state index contributed by atoms with van der Waals surface area (Å²) in [6.07, 6.45) is 1.03. The molecule has 1 aromatic carbocycles. The summed E-state index contributed by atoms with van der Waals surface area (Å²) >= 11 is 5.62. The Bertz CT molecular complexity index is 492. The molecule has 19 heavy (non-hydrogen) atoms. The van der Waals surface area contributed by atoms with Crippen LogP contribution in [0, 0.1) is 24.2 Å². The van der Waals surface area contributed by atoms with Crippen LogP contribution in [0.25, 0.3) is 0 Å². The Kier molecular flexibility index (Phi) is 5.57. The molecular formula is C16H20ClNO. The van der Waals surface area contributed by atoms with E-state index in [1.807, 2.05) is 45.0 Å². The maximum Gasteiger partial charge on any atom is 0.149 e. The molecule has 102 valence electrons. The first-order chi connectivity index (χ1) is 9.00. The Morgan fingerprint density at radius 2 is 2.21 bits per heavy atom. The number of nitrogens with zero attached hydrogens (tertiary/aromatic N) is 1. The predicted octanol–water partition coefficient (Wildman–Crippen LogP) is 4.00. The van der Waals surface area contributed by atoms with E-state index in [4.69, 9.17) is 11.6 Å². The van der Waals surface area contributed by atoms with Crippen LogP contribution in [0.1, 0.15) is 37.8 Å². The monoisotopic (exact) mass is 277 g/mol. The van der Waals surface area contributed by atoms with Gasteiger partial charge in [0.2, 0.25) is 0 Å². The van der Waals surface area contributed by atoms with Crippen LogP contribution in [0.15, 0.2) is 24.3 Å². The van der Waals surface area contributed by atoms with Gasteiger partial charge in [-0.1, -0.05) is 50.1 Å². The molecule has 3 heteroatoms. The smallest absolute Gasteiger partial charge is 0.149 e. The summed E-state index contributed by atoms with van der Waals surface area (Å²) in [5.74, 6) is -0.0115. The molecule has 0 N–H and O–H groups in total. The van der Waals surface area contributed by atoms with Crippen molar-refractivity contribution in [2.24, 2.45) is 5.92 Å². The molecule has 0 heterocycles. The van der Waals surface area contributed by atoms with E-state index in [0.29, 0.717) is 0 Å². The maximum absolute atomic E-state index is 11.8. The lowest BCUT2D eigenvalue weighted by atomic mass is 9.68. The molecule has 0 saturated heterocycles. The molecule has 0 bridgehead atoms. The fourth-order valence-electron chi connectivity index (χ4n) is 2.40. The molecule has 2 unspecified atom stereocenters. The average Bonchev–Trinajstić information content (AvgIpc) is 2.43. The first-order valence-electron chi connectivity index (χ1n) is 6.56. The van der Waals surface area contributed by atoms with Gasteiger partial charge in [-0.05, 0) is 18.4 Å². The second-order valence-electron chi connectivity index (χ2n) is 5.11. The van der Waals surface area contributed by atoms with Gasteiger partial charge in [-0.2, -0.15) is 5.26 Å². The normalized spacial score (nSPS) is 15.3. The lowest BCUT2D eigenvalue weighted by molar-refractivity contribution is -0.117. The molecule has 0 aliphatic heterocycles. The Balaban J connectivity index is 3.32. The lowest BCUT2D eigenvalue weighted by Crippen LogP contribution is -2.35. The number of ketones is 1. The zero-order chi connectivity index (χ0) is 14.5. The SMILES string of the molecule is CCC(C)C(C#N)(CC(=O)CCl)c1cccc(C)c1. The summed E-state index contributed by atoms with van der Waals surface area (Å²) in [5, 5.41) is 9.72. The number of aryl methyl sites for hydroxylation is 1. The number of hydrogen-bond acceptors (Lipinski definition) is 2. The Labute approximate surface area is 120 Å². The standard InChI is InChI=1S/C16H20ClNO/c1-4-13(3)16(11-18,9-15(19)10-17)14-7-5-6-12(2)8-14/h5-8,13H,4,9-10H2,1-3H3. The predicted molar refractivity (Wildman–Crippen MR) is 78.3 cm³/mol. The molecule has 0 spiro atoms. The van der Waals surface area contributed by atoms with Crippen LogP contribution < -0.4 is 0 Å². The summed E-state index contributed by atoms with van der Waals surface area (Å²) in [4.78, 5) is 11.8. The van der Waals surface area contributed by atoms with Crippen LogP contribution in [0.5, 0.6) is 0 Å². The van der Waals surface area contributed by atoms with E-state index in [0.717, 1.165) is 17.5 Å². The van der Waals surface area contributed by atoms with E-state index in [1.165, 1.54) is 0 Å². The zero-order valence-corrected chi connectivity index (χ0v) is 12.5. The summed E-state index contributed by atoms with van der Waals surface area (Å²) in [6.45, 7) is 6.05. The first-order valence-corrected chi connectivity index (χ1v) is 7.09. The van der Waals surface area contributed by atoms with Crippen LogP contribution in [0.3, 0.4) is 0 Å². The minimum atomic E-state index is -0.771. The third-order valence-corrected chi connectivity index (χ3v) is 4.11. The molecule has 0 aliphatic rings. The van der Waals surface area contributed by atoms with Crippen molar-refractivity contribution < 1.29 is 4.79 Å². The van der Waals surface area contributed by atoms with E-state index < -0.39 is 5.41 Å². The van der Waals surface area contributed by atoms with Crippen molar-refractivity contribution in [3.63, 3.8) is 0 Å². The molecular weight excluding hydrogens is 258 g/mol. The quantitative estimate of drug-likeness (QED) is 0.738. The van der Waals surface area contributed by atoms with Crippen molar-refractivity contribution in [3.8, 4) is 6.07 Å². The lowest BCUT2D eigenvalue weighted by Gasteiger charge is -2.32. The van der Waals surface area contributed by atoms with E-state index in [9.17, 15) is 10.1 Å². The minimum absolute atomic E-state index is 0.0360. The Morgan fingerprint density at radius 1 is 1.53 bits per heavy atom. The number of Topliss-reactive ketones (excluding diaryl/α,β-unsaturated/α-hetero) is 1. The van der Waals surface area contributed by atoms with Gasteiger partial charge < -0.3 is 0 Å². The van der Waals surface area contributed by atoms with E-state index in [2.05, 4.69) is 6.07 Å². The molecule has 0 aliphatic carbocycles. The van der Waals surface area contributed by atoms with Gasteiger partial charge in [0.05, 0.1) is 17.4 Å². The van der Waals surface area contributed by atoms with Crippen LogP contribution in [-0.4, -0.2) is 11.7 Å². The van der Waals surface area contributed by atoms with Gasteiger partial charge in [0.1, 0.15) is 5.78 Å². The molecule has 1 aromatic rings. The third kappa shape index (κ3) is 3.36. The summed E-state index contributed by atoms with van der Waals surface area (Å²) < 4.78 is 0. The van der Waals surface area contributed by atoms with Crippen molar-refractivity contribution in [2.75, 3.05) is 5.88 Å². The van der Waals surface area contributed by atoms with Gasteiger partial charge in [0, 0.05) is 6.42 Å². The summed E-state index contributed by atoms with van der Waals surface area (Å²) in [5.41, 5.74) is 1.24. The van der Waals surface area contributed by atoms with Gasteiger partial charge in [-0.3, -0.25) is 4.79 Å². The van der Waals surface area contributed by atoms with Crippen LogP contribution >= 0.6 is 11.6 Å². The van der Waals surface area contributed by atoms with Crippen molar-refractivity contribution in [1.82, 2.24) is 0 Å². The van der Waals surface area contributed by atoms with E-state index in [1.54, 1.807) is 0 Å². The van der Waals surface area contributed by atoms with Gasteiger partial charge in [-0.25, -0.2) is 0 Å². The molecule has 2 atom stereocenters. The number of hydrogen-bond donors (Lipinski definition) is 0. The topological polar surface area (TPSA) is 40.9 Å². The van der Waals surface area contributed by atoms with Crippen LogP contribution in [-0.2, 0) is 10.2 Å². The molecule has 0 fully saturated rings. The number of carbonyl (C=O) groups excluding carboxylic acids is 1. The highest BCUT2D eigenvalue weighted by Gasteiger charge is 2.39. The minimum Gasteiger partial charge on any atom is -0.298 e. The maximum atomic E-state index is 11.8. The Hall–Kier alpha value is -1.33. The second-order valence-corrected chi connectivity index (χ2v) is 5.38. The molecule has 0 radical (unpaired) electrons. The summed E-state index contributed by atoms with van der Waals surface area (Å²) in [7, 11) is 0. The average molecular weight is 278 g/mol. The van der Waals surface area contributed by atoms with Crippen molar-refractivity contribution in [2.45, 2.75) is 39.0 Å². The van der Waals surface area contributed by atoms with Crippen LogP contribution in [0.4, 0.5) is 0 Å². The highest BCUT2D eigenvalue weighted by atomic mass is 35.5. The number of rotatable bonds is 6. The molecule has 0 aromatic heterocycles. The molecule has 1 rings (SSSR count). The Morgan fingerprint density at radius 3 is 2.68 bits per heavy atom. The van der Waals surface area contributed by atoms with Gasteiger partial charge in [0.25, 0.3) is 0 Å². The highest BCUT2D eigenvalue weighted by molar-refractivity contribution is 6.27. The fourth-order valence-corrected chi connectivity index (χ4v) is 2.50. The summed E-state index contributed by atoms with van der Waals surface area (Å²) in [6, 6.07) is 10.3. The van der Waals surface area contributed by atoms with Gasteiger partial charge >= 0.3 is 0 Å². The van der Waals surface area contributed by atoms with Gasteiger partial charge in [-0.15, -0.1) is 11.6 Å². The van der Waals surface area contributed by atoms with E-state index in [-0.39, 0.29) is 24.0 Å². The zero-order valence-electron chi connectivity index (χ0n) is 11.7. The first kappa shape index (κ1) is 15.7. The number of halogens is 1. The van der Waals surface area contributed by atoms with Crippen molar-refractivity contribution in [1.29, 1.82) is 5.26 Å². The fraction of sp³-hybridized carbons (Fsp3) is 0.500. The highest BCUT2D eigenvalue weighted by Crippen LogP contribution is 2.38. The largest absolute Gasteiger partial charge is 0.298 e. The number of nitriles is 1. The van der Waals surface area contributed by atoms with Gasteiger partial charge in [0.15, 0.2) is 0 Å². The third-order valence-electron chi connectivity index (χ3n) is 3.81.